The summed E-state index contributed by atoms with van der Waals surface area (Å²) in [6.45, 7) is 1.83. The minimum absolute atomic E-state index is 0.161. The van der Waals surface area contributed by atoms with Gasteiger partial charge in [-0.2, -0.15) is 0 Å². The molecule has 64 valence electrons. The molecule has 1 aromatic rings. The minimum Gasteiger partial charge on any atom is -0.466 e. The second-order valence-electron chi connectivity index (χ2n) is 3.33. The summed E-state index contributed by atoms with van der Waals surface area (Å²) in [5.41, 5.74) is 1.07. The molecule has 0 bridgehead atoms. The molecule has 1 aliphatic rings. The van der Waals surface area contributed by atoms with Crippen molar-refractivity contribution in [3.63, 3.8) is 0 Å². The zero-order valence-corrected chi connectivity index (χ0v) is 7.22. The Hall–Kier alpha value is -1.05. The monoisotopic (exact) mass is 164 g/mol. The first-order valence-electron chi connectivity index (χ1n) is 4.40. The summed E-state index contributed by atoms with van der Waals surface area (Å²) in [4.78, 5) is 11.4. The van der Waals surface area contributed by atoms with Gasteiger partial charge >= 0.3 is 0 Å². The Morgan fingerprint density at radius 3 is 2.92 bits per heavy atom. The number of hydrogen-bond acceptors (Lipinski definition) is 2. The molecular formula is C10H12O2. The van der Waals surface area contributed by atoms with Crippen LogP contribution >= 0.6 is 0 Å². The van der Waals surface area contributed by atoms with Gasteiger partial charge in [-0.25, -0.2) is 0 Å². The quantitative estimate of drug-likeness (QED) is 0.585. The summed E-state index contributed by atoms with van der Waals surface area (Å²) in [7, 11) is 0. The van der Waals surface area contributed by atoms with Crippen LogP contribution in [0.25, 0.3) is 0 Å². The second-order valence-corrected chi connectivity index (χ2v) is 3.33. The van der Waals surface area contributed by atoms with Gasteiger partial charge in [-0.1, -0.05) is 0 Å². The molecule has 0 spiro atoms. The SMILES string of the molecule is Cc1cc(=O)c2c(o1)CCCC2. The van der Waals surface area contributed by atoms with Crippen molar-refractivity contribution in [2.75, 3.05) is 0 Å². The highest BCUT2D eigenvalue weighted by atomic mass is 16.3. The van der Waals surface area contributed by atoms with Crippen LogP contribution in [0.4, 0.5) is 0 Å². The Morgan fingerprint density at radius 1 is 1.33 bits per heavy atom. The average molecular weight is 164 g/mol. The normalized spacial score (nSPS) is 15.8. The van der Waals surface area contributed by atoms with Crippen molar-refractivity contribution >= 4 is 0 Å². The number of rotatable bonds is 0. The lowest BCUT2D eigenvalue weighted by Gasteiger charge is -2.12. The summed E-state index contributed by atoms with van der Waals surface area (Å²) in [6, 6.07) is 1.59. The summed E-state index contributed by atoms with van der Waals surface area (Å²) >= 11 is 0. The molecule has 0 fully saturated rings. The Labute approximate surface area is 71.2 Å². The van der Waals surface area contributed by atoms with E-state index in [1.807, 2.05) is 6.92 Å². The molecule has 0 aromatic carbocycles. The Balaban J connectivity index is 2.60. The number of aryl methyl sites for hydroxylation is 2. The zero-order valence-electron chi connectivity index (χ0n) is 7.22. The summed E-state index contributed by atoms with van der Waals surface area (Å²) < 4.78 is 5.48. The predicted molar refractivity (Wildman–Crippen MR) is 46.4 cm³/mol. The van der Waals surface area contributed by atoms with Gasteiger partial charge in [0.15, 0.2) is 5.43 Å². The van der Waals surface area contributed by atoms with E-state index in [-0.39, 0.29) is 5.43 Å². The summed E-state index contributed by atoms with van der Waals surface area (Å²) in [5.74, 6) is 1.66. The second kappa shape index (κ2) is 2.77. The van der Waals surface area contributed by atoms with Crippen molar-refractivity contribution in [3.8, 4) is 0 Å². The van der Waals surface area contributed by atoms with Gasteiger partial charge in [0.25, 0.3) is 0 Å². The van der Waals surface area contributed by atoms with E-state index in [4.69, 9.17) is 4.42 Å². The molecule has 0 amide bonds. The van der Waals surface area contributed by atoms with E-state index in [9.17, 15) is 4.79 Å². The molecule has 0 radical (unpaired) electrons. The maximum Gasteiger partial charge on any atom is 0.188 e. The minimum atomic E-state index is 0.161. The van der Waals surface area contributed by atoms with Gasteiger partial charge in [-0.3, -0.25) is 4.79 Å². The van der Waals surface area contributed by atoms with Crippen molar-refractivity contribution in [1.82, 2.24) is 0 Å². The first-order chi connectivity index (χ1) is 5.77. The van der Waals surface area contributed by atoms with Crippen molar-refractivity contribution < 1.29 is 4.42 Å². The van der Waals surface area contributed by atoms with E-state index in [0.29, 0.717) is 0 Å². The van der Waals surface area contributed by atoms with Gasteiger partial charge in [0.2, 0.25) is 0 Å². The highest BCUT2D eigenvalue weighted by molar-refractivity contribution is 5.21. The molecule has 2 rings (SSSR count). The lowest BCUT2D eigenvalue weighted by atomic mass is 9.97. The van der Waals surface area contributed by atoms with E-state index < -0.39 is 0 Å². The first kappa shape index (κ1) is 7.59. The van der Waals surface area contributed by atoms with Crippen LogP contribution in [-0.2, 0) is 12.8 Å². The average Bonchev–Trinajstić information content (AvgIpc) is 2.04. The van der Waals surface area contributed by atoms with E-state index in [0.717, 1.165) is 42.8 Å². The third-order valence-electron chi connectivity index (χ3n) is 2.33. The molecule has 1 aromatic heterocycles. The highest BCUT2D eigenvalue weighted by Crippen LogP contribution is 2.18. The van der Waals surface area contributed by atoms with Gasteiger partial charge in [0.1, 0.15) is 11.5 Å². The molecule has 0 N–H and O–H groups in total. The van der Waals surface area contributed by atoms with Crippen molar-refractivity contribution in [2.45, 2.75) is 32.6 Å². The van der Waals surface area contributed by atoms with E-state index in [1.165, 1.54) is 0 Å². The summed E-state index contributed by atoms with van der Waals surface area (Å²) in [6.07, 6.45) is 4.12. The third kappa shape index (κ3) is 1.17. The van der Waals surface area contributed by atoms with Crippen LogP contribution in [0.15, 0.2) is 15.3 Å². The smallest absolute Gasteiger partial charge is 0.188 e. The zero-order chi connectivity index (χ0) is 8.55. The molecule has 1 heterocycles. The van der Waals surface area contributed by atoms with Crippen LogP contribution in [0, 0.1) is 6.92 Å². The molecule has 0 saturated carbocycles. The topological polar surface area (TPSA) is 30.2 Å². The molecule has 2 heteroatoms. The van der Waals surface area contributed by atoms with Crippen LogP contribution < -0.4 is 5.43 Å². The van der Waals surface area contributed by atoms with Gasteiger partial charge in [-0.05, 0) is 26.2 Å². The molecule has 12 heavy (non-hydrogen) atoms. The molecule has 1 aliphatic carbocycles. The van der Waals surface area contributed by atoms with Crippen LogP contribution in [0.2, 0.25) is 0 Å². The van der Waals surface area contributed by atoms with Crippen LogP contribution in [0.1, 0.15) is 29.9 Å². The van der Waals surface area contributed by atoms with Gasteiger partial charge < -0.3 is 4.42 Å². The van der Waals surface area contributed by atoms with Gasteiger partial charge in [0, 0.05) is 18.1 Å². The molecule has 0 atom stereocenters. The van der Waals surface area contributed by atoms with Crippen LogP contribution in [-0.4, -0.2) is 0 Å². The third-order valence-corrected chi connectivity index (χ3v) is 2.33. The standard InChI is InChI=1S/C10H12O2/c1-7-6-9(11)8-4-2-3-5-10(8)12-7/h6H,2-5H2,1H3. The molecular weight excluding hydrogens is 152 g/mol. The fourth-order valence-corrected chi connectivity index (χ4v) is 1.75. The molecule has 2 nitrogen and oxygen atoms in total. The van der Waals surface area contributed by atoms with Crippen LogP contribution in [0.5, 0.6) is 0 Å². The predicted octanol–water partition coefficient (Wildman–Crippen LogP) is 1.83. The largest absolute Gasteiger partial charge is 0.466 e. The lowest BCUT2D eigenvalue weighted by Crippen LogP contribution is -2.15. The Kier molecular flexibility index (Phi) is 1.75. The van der Waals surface area contributed by atoms with E-state index >= 15 is 0 Å². The Morgan fingerprint density at radius 2 is 2.08 bits per heavy atom. The van der Waals surface area contributed by atoms with E-state index in [1.54, 1.807) is 6.07 Å². The molecule has 0 aliphatic heterocycles. The fraction of sp³-hybridized carbons (Fsp3) is 0.500. The molecule has 0 saturated heterocycles. The van der Waals surface area contributed by atoms with Crippen LogP contribution in [0.3, 0.4) is 0 Å². The molecule has 0 unspecified atom stereocenters. The van der Waals surface area contributed by atoms with Crippen molar-refractivity contribution in [1.29, 1.82) is 0 Å². The van der Waals surface area contributed by atoms with Crippen molar-refractivity contribution in [3.05, 3.63) is 33.4 Å². The Bertz CT molecular complexity index is 349. The number of fused-ring (bicyclic) bond motifs is 1. The van der Waals surface area contributed by atoms with E-state index in [2.05, 4.69) is 0 Å². The van der Waals surface area contributed by atoms with Crippen molar-refractivity contribution in [2.24, 2.45) is 0 Å². The van der Waals surface area contributed by atoms with Gasteiger partial charge in [-0.15, -0.1) is 0 Å². The summed E-state index contributed by atoms with van der Waals surface area (Å²) in [5, 5.41) is 0. The fourth-order valence-electron chi connectivity index (χ4n) is 1.75. The maximum atomic E-state index is 11.4. The highest BCUT2D eigenvalue weighted by Gasteiger charge is 2.14. The maximum absolute atomic E-state index is 11.4. The first-order valence-corrected chi connectivity index (χ1v) is 4.40. The van der Waals surface area contributed by atoms with Gasteiger partial charge in [0.05, 0.1) is 0 Å². The lowest BCUT2D eigenvalue weighted by molar-refractivity contribution is 0.430. The number of hydrogen-bond donors (Lipinski definition) is 0.